The Labute approximate surface area is 109 Å². The molecule has 1 aromatic rings. The molecule has 0 aliphatic carbocycles. The molecule has 0 unspecified atom stereocenters. The van der Waals surface area contributed by atoms with Gasteiger partial charge in [-0.05, 0) is 23.4 Å². The molecule has 0 radical (unpaired) electrons. The molecule has 0 amide bonds. The summed E-state index contributed by atoms with van der Waals surface area (Å²) in [5.74, 6) is 0.0889. The van der Waals surface area contributed by atoms with Crippen LogP contribution >= 0.6 is 11.6 Å². The van der Waals surface area contributed by atoms with Crippen molar-refractivity contribution >= 4 is 23.1 Å². The number of aliphatic hydroxyl groups is 1. The number of nitrogens with one attached hydrogen (secondary N) is 1. The molecule has 0 saturated carbocycles. The number of anilines is 1. The van der Waals surface area contributed by atoms with E-state index in [4.69, 9.17) is 16.7 Å². The summed E-state index contributed by atoms with van der Waals surface area (Å²) in [6, 6.07) is 0. The van der Waals surface area contributed by atoms with Crippen molar-refractivity contribution in [1.29, 1.82) is 0 Å². The highest BCUT2D eigenvalue weighted by Crippen LogP contribution is 2.25. The maximum absolute atomic E-state index is 10.8. The van der Waals surface area contributed by atoms with Gasteiger partial charge in [0.15, 0.2) is 0 Å². The number of hydrogen-bond donors (Lipinski definition) is 2. The van der Waals surface area contributed by atoms with Crippen molar-refractivity contribution < 1.29 is 10.0 Å². The highest BCUT2D eigenvalue weighted by Gasteiger charge is 2.21. The van der Waals surface area contributed by atoms with Crippen LogP contribution in [-0.2, 0) is 0 Å². The fourth-order valence-electron chi connectivity index (χ4n) is 1.33. The fraction of sp³-hybridized carbons (Fsp3) is 0.600. The predicted molar refractivity (Wildman–Crippen MR) is 67.7 cm³/mol. The van der Waals surface area contributed by atoms with E-state index in [1.807, 2.05) is 13.8 Å². The summed E-state index contributed by atoms with van der Waals surface area (Å²) in [6.07, 6.45) is 1.64. The molecule has 0 aliphatic heterocycles. The van der Waals surface area contributed by atoms with E-state index in [-0.39, 0.29) is 28.8 Å². The number of halogens is 1. The first-order chi connectivity index (χ1) is 8.35. The zero-order valence-electron chi connectivity index (χ0n) is 10.2. The quantitative estimate of drug-likeness (QED) is 0.466. The van der Waals surface area contributed by atoms with Gasteiger partial charge in [-0.1, -0.05) is 13.8 Å². The third-order valence-electron chi connectivity index (χ3n) is 2.46. The largest absolute Gasteiger partial charge is 0.396 e. The minimum Gasteiger partial charge on any atom is -0.396 e. The summed E-state index contributed by atoms with van der Waals surface area (Å²) in [5.41, 5.74) is -0.431. The van der Waals surface area contributed by atoms with Gasteiger partial charge in [-0.25, -0.2) is 4.98 Å². The van der Waals surface area contributed by atoms with Gasteiger partial charge in [0, 0.05) is 13.2 Å². The lowest BCUT2D eigenvalue weighted by Crippen LogP contribution is -2.25. The third kappa shape index (κ3) is 4.08. The van der Waals surface area contributed by atoms with Crippen LogP contribution in [0.2, 0.25) is 5.28 Å². The lowest BCUT2D eigenvalue weighted by Gasteiger charge is -2.23. The van der Waals surface area contributed by atoms with Crippen LogP contribution in [0.4, 0.5) is 11.5 Å². The molecule has 1 aromatic heterocycles. The van der Waals surface area contributed by atoms with E-state index < -0.39 is 4.92 Å². The van der Waals surface area contributed by atoms with Gasteiger partial charge in [0.2, 0.25) is 11.1 Å². The maximum Gasteiger partial charge on any atom is 0.329 e. The molecule has 0 bridgehead atoms. The zero-order valence-corrected chi connectivity index (χ0v) is 10.9. The van der Waals surface area contributed by atoms with E-state index in [0.717, 1.165) is 6.20 Å². The van der Waals surface area contributed by atoms with Crippen LogP contribution in [0.15, 0.2) is 6.20 Å². The molecule has 100 valence electrons. The SMILES string of the molecule is CC(C)(CCO)CNc1nc(Cl)ncc1[N+](=O)[O-]. The summed E-state index contributed by atoms with van der Waals surface area (Å²) in [4.78, 5) is 17.6. The molecule has 8 heteroatoms. The van der Waals surface area contributed by atoms with E-state index in [2.05, 4.69) is 15.3 Å². The monoisotopic (exact) mass is 274 g/mol. The van der Waals surface area contributed by atoms with Crippen molar-refractivity contribution in [2.24, 2.45) is 5.41 Å². The van der Waals surface area contributed by atoms with Gasteiger partial charge in [0.25, 0.3) is 0 Å². The Morgan fingerprint density at radius 1 is 1.61 bits per heavy atom. The van der Waals surface area contributed by atoms with Gasteiger partial charge in [0.1, 0.15) is 6.20 Å². The first kappa shape index (κ1) is 14.6. The van der Waals surface area contributed by atoms with Crippen molar-refractivity contribution in [3.8, 4) is 0 Å². The van der Waals surface area contributed by atoms with Crippen LogP contribution in [-0.4, -0.2) is 33.1 Å². The summed E-state index contributed by atoms with van der Waals surface area (Å²) < 4.78 is 0. The Hall–Kier alpha value is -1.47. The Bertz CT molecular complexity index is 439. The van der Waals surface area contributed by atoms with Crippen LogP contribution in [0, 0.1) is 15.5 Å². The number of nitro groups is 1. The van der Waals surface area contributed by atoms with Crippen LogP contribution in [0.3, 0.4) is 0 Å². The smallest absolute Gasteiger partial charge is 0.329 e. The standard InChI is InChI=1S/C10H15ClN4O3/c1-10(2,3-4-16)6-13-8-7(15(17)18)5-12-9(11)14-8/h5,16H,3-4,6H2,1-2H3,(H,12,13,14). The molecule has 0 atom stereocenters. The molecule has 1 heterocycles. The summed E-state index contributed by atoms with van der Waals surface area (Å²) in [5, 5.41) is 22.5. The van der Waals surface area contributed by atoms with Crippen molar-refractivity contribution in [3.05, 3.63) is 21.6 Å². The van der Waals surface area contributed by atoms with Crippen LogP contribution in [0.25, 0.3) is 0 Å². The molecule has 0 spiro atoms. The second kappa shape index (κ2) is 5.92. The van der Waals surface area contributed by atoms with Gasteiger partial charge in [0.05, 0.1) is 4.92 Å². The molecule has 2 N–H and O–H groups in total. The summed E-state index contributed by atoms with van der Waals surface area (Å²) in [7, 11) is 0. The van der Waals surface area contributed by atoms with E-state index >= 15 is 0 Å². The highest BCUT2D eigenvalue weighted by atomic mass is 35.5. The minimum atomic E-state index is -0.572. The van der Waals surface area contributed by atoms with Gasteiger partial charge in [-0.15, -0.1) is 0 Å². The van der Waals surface area contributed by atoms with Gasteiger partial charge >= 0.3 is 5.69 Å². The van der Waals surface area contributed by atoms with E-state index in [1.54, 1.807) is 0 Å². The van der Waals surface area contributed by atoms with E-state index in [1.165, 1.54) is 0 Å². The lowest BCUT2D eigenvalue weighted by molar-refractivity contribution is -0.384. The van der Waals surface area contributed by atoms with Gasteiger partial charge in [-0.3, -0.25) is 10.1 Å². The number of aromatic nitrogens is 2. The average Bonchev–Trinajstić information content (AvgIpc) is 2.26. The topological polar surface area (TPSA) is 101 Å². The maximum atomic E-state index is 10.8. The molecule has 1 rings (SSSR count). The van der Waals surface area contributed by atoms with Crippen LogP contribution in [0.1, 0.15) is 20.3 Å². The molecule has 18 heavy (non-hydrogen) atoms. The number of rotatable bonds is 6. The lowest BCUT2D eigenvalue weighted by atomic mass is 9.90. The summed E-state index contributed by atoms with van der Waals surface area (Å²) in [6.45, 7) is 4.36. The van der Waals surface area contributed by atoms with E-state index in [0.29, 0.717) is 13.0 Å². The second-order valence-electron chi connectivity index (χ2n) is 4.62. The molecule has 0 fully saturated rings. The predicted octanol–water partition coefficient (Wildman–Crippen LogP) is 1.86. The van der Waals surface area contributed by atoms with Crippen LogP contribution in [0.5, 0.6) is 0 Å². The Morgan fingerprint density at radius 3 is 2.83 bits per heavy atom. The Morgan fingerprint density at radius 2 is 2.28 bits per heavy atom. The van der Waals surface area contributed by atoms with Crippen LogP contribution < -0.4 is 5.32 Å². The highest BCUT2D eigenvalue weighted by molar-refractivity contribution is 6.28. The average molecular weight is 275 g/mol. The second-order valence-corrected chi connectivity index (χ2v) is 4.96. The normalized spacial score (nSPS) is 11.3. The minimum absolute atomic E-state index is 0.0527. The van der Waals surface area contributed by atoms with Gasteiger partial charge < -0.3 is 10.4 Å². The molecule has 0 aliphatic rings. The zero-order chi connectivity index (χ0) is 13.8. The first-order valence-corrected chi connectivity index (χ1v) is 5.75. The Balaban J connectivity index is 2.83. The molecule has 7 nitrogen and oxygen atoms in total. The van der Waals surface area contributed by atoms with Gasteiger partial charge in [-0.2, -0.15) is 4.98 Å². The van der Waals surface area contributed by atoms with Crippen molar-refractivity contribution in [3.63, 3.8) is 0 Å². The molecular formula is C10H15ClN4O3. The third-order valence-corrected chi connectivity index (χ3v) is 2.64. The number of aliphatic hydroxyl groups excluding tert-OH is 1. The number of nitrogens with zero attached hydrogens (tertiary/aromatic N) is 3. The fourth-order valence-corrected chi connectivity index (χ4v) is 1.47. The molecular weight excluding hydrogens is 260 g/mol. The first-order valence-electron chi connectivity index (χ1n) is 5.37. The Kier molecular flexibility index (Phi) is 4.80. The molecule has 0 saturated heterocycles. The van der Waals surface area contributed by atoms with Crippen molar-refractivity contribution in [2.75, 3.05) is 18.5 Å². The van der Waals surface area contributed by atoms with Crippen molar-refractivity contribution in [1.82, 2.24) is 9.97 Å². The summed E-state index contributed by atoms with van der Waals surface area (Å²) >= 11 is 5.61. The molecule has 0 aromatic carbocycles. The number of hydrogen-bond acceptors (Lipinski definition) is 6. The van der Waals surface area contributed by atoms with Crippen molar-refractivity contribution in [2.45, 2.75) is 20.3 Å². The van der Waals surface area contributed by atoms with E-state index in [9.17, 15) is 10.1 Å².